The number of carbonyl (C=O) groups is 1. The van der Waals surface area contributed by atoms with Gasteiger partial charge in [0, 0.05) is 6.42 Å². The Labute approximate surface area is 200 Å². The van der Waals surface area contributed by atoms with Crippen molar-refractivity contribution in [2.45, 2.75) is 17.4 Å². The summed E-state index contributed by atoms with van der Waals surface area (Å²) in [6.07, 6.45) is -1.04. The maximum absolute atomic E-state index is 14.2. The number of aliphatic hydroxyl groups is 1. The van der Waals surface area contributed by atoms with E-state index in [1.807, 2.05) is 6.07 Å². The fourth-order valence-corrected chi connectivity index (χ4v) is 5.49. The molecule has 174 valence electrons. The van der Waals surface area contributed by atoms with Crippen LogP contribution < -0.4 is 9.04 Å². The van der Waals surface area contributed by atoms with E-state index in [0.29, 0.717) is 5.56 Å². The fraction of sp³-hybridized carbons (Fsp3) is 0.167. The lowest BCUT2D eigenvalue weighted by Gasteiger charge is -2.35. The van der Waals surface area contributed by atoms with Crippen molar-refractivity contribution >= 4 is 33.1 Å². The van der Waals surface area contributed by atoms with Gasteiger partial charge in [0.2, 0.25) is 0 Å². The third-order valence-electron chi connectivity index (χ3n) is 5.32. The number of Topliss-reactive ketones (excluding diaryl/α,β-unsaturated/α-hetero) is 1. The number of ether oxygens (including phenoxy) is 1. The Hall–Kier alpha value is -3.45. The molecule has 0 unspecified atom stereocenters. The molecule has 4 rings (SSSR count). The topological polar surface area (TPSA) is 108 Å². The number of carbonyl (C=O) groups excluding carboxylic acids is 1. The van der Waals surface area contributed by atoms with Crippen LogP contribution in [-0.4, -0.2) is 38.6 Å². The Kier molecular flexibility index (Phi) is 6.57. The van der Waals surface area contributed by atoms with Crippen LogP contribution in [0.15, 0.2) is 65.6 Å². The lowest BCUT2D eigenvalue weighted by molar-refractivity contribution is 0.0989. The van der Waals surface area contributed by atoms with Gasteiger partial charge in [0.15, 0.2) is 5.78 Å². The molecule has 1 aliphatic heterocycles. The standard InChI is InChI=1S/C24H18ClFN2O5S/c25-19-5-2-6-20(26)24(19)22(30)11-15-7-8-23-21(10-15)28(13-17(14-29)33-23)34(31,32)18-4-1-3-16(9-18)12-27/h1-10,17,29H,11,13-14H2/t17-/m1/s1. The van der Waals surface area contributed by atoms with Gasteiger partial charge in [-0.05, 0) is 48.0 Å². The van der Waals surface area contributed by atoms with Gasteiger partial charge < -0.3 is 9.84 Å². The van der Waals surface area contributed by atoms with E-state index in [9.17, 15) is 22.7 Å². The summed E-state index contributed by atoms with van der Waals surface area (Å²) in [5.41, 5.74) is 0.516. The predicted octanol–water partition coefficient (Wildman–Crippen LogP) is 3.72. The smallest absolute Gasteiger partial charge is 0.264 e. The van der Waals surface area contributed by atoms with Crippen molar-refractivity contribution in [3.05, 3.63) is 88.2 Å². The number of nitriles is 1. The van der Waals surface area contributed by atoms with Crippen molar-refractivity contribution in [3.8, 4) is 11.8 Å². The number of hydrogen-bond acceptors (Lipinski definition) is 6. The predicted molar refractivity (Wildman–Crippen MR) is 123 cm³/mol. The maximum Gasteiger partial charge on any atom is 0.264 e. The molecule has 1 aliphatic rings. The molecule has 1 heterocycles. The molecule has 0 fully saturated rings. The number of hydrogen-bond donors (Lipinski definition) is 1. The normalized spacial score (nSPS) is 15.2. The molecule has 34 heavy (non-hydrogen) atoms. The second-order valence-electron chi connectivity index (χ2n) is 7.60. The van der Waals surface area contributed by atoms with Crippen molar-refractivity contribution in [1.29, 1.82) is 5.26 Å². The van der Waals surface area contributed by atoms with E-state index in [2.05, 4.69) is 0 Å². The summed E-state index contributed by atoms with van der Waals surface area (Å²) in [7, 11) is -4.14. The minimum Gasteiger partial charge on any atom is -0.484 e. The zero-order valence-corrected chi connectivity index (χ0v) is 19.2. The van der Waals surface area contributed by atoms with Crippen molar-refractivity contribution < 1.29 is 27.4 Å². The largest absolute Gasteiger partial charge is 0.484 e. The van der Waals surface area contributed by atoms with Crippen molar-refractivity contribution in [3.63, 3.8) is 0 Å². The van der Waals surface area contributed by atoms with Crippen LogP contribution in [0.25, 0.3) is 0 Å². The highest BCUT2D eigenvalue weighted by molar-refractivity contribution is 7.92. The number of aliphatic hydroxyl groups excluding tert-OH is 1. The van der Waals surface area contributed by atoms with Crippen LogP contribution in [0.1, 0.15) is 21.5 Å². The molecule has 3 aromatic carbocycles. The quantitative estimate of drug-likeness (QED) is 0.517. The molecule has 0 saturated heterocycles. The van der Waals surface area contributed by atoms with E-state index >= 15 is 0 Å². The van der Waals surface area contributed by atoms with Crippen molar-refractivity contribution in [2.75, 3.05) is 17.5 Å². The van der Waals surface area contributed by atoms with Crippen LogP contribution in [0.5, 0.6) is 5.75 Å². The number of nitrogens with zero attached hydrogens (tertiary/aromatic N) is 2. The van der Waals surface area contributed by atoms with Gasteiger partial charge in [0.05, 0.1) is 46.0 Å². The fourth-order valence-electron chi connectivity index (χ4n) is 3.68. The number of benzene rings is 3. The third-order valence-corrected chi connectivity index (χ3v) is 7.41. The molecule has 0 saturated carbocycles. The van der Waals surface area contributed by atoms with Gasteiger partial charge in [-0.2, -0.15) is 5.26 Å². The van der Waals surface area contributed by atoms with Gasteiger partial charge in [-0.3, -0.25) is 9.10 Å². The molecule has 7 nitrogen and oxygen atoms in total. The van der Waals surface area contributed by atoms with Gasteiger partial charge in [-0.15, -0.1) is 0 Å². The average Bonchev–Trinajstić information content (AvgIpc) is 2.83. The first-order valence-electron chi connectivity index (χ1n) is 10.1. The lowest BCUT2D eigenvalue weighted by atomic mass is 10.0. The molecule has 0 aromatic heterocycles. The van der Waals surface area contributed by atoms with Crippen LogP contribution >= 0.6 is 11.6 Å². The number of anilines is 1. The molecule has 0 amide bonds. The van der Waals surface area contributed by atoms with Crippen LogP contribution in [0.3, 0.4) is 0 Å². The zero-order valence-electron chi connectivity index (χ0n) is 17.6. The highest BCUT2D eigenvalue weighted by Crippen LogP contribution is 2.38. The van der Waals surface area contributed by atoms with Crippen LogP contribution in [0, 0.1) is 17.1 Å². The second kappa shape index (κ2) is 9.43. The Morgan fingerprint density at radius 2 is 1.97 bits per heavy atom. The zero-order chi connectivity index (χ0) is 24.5. The SMILES string of the molecule is N#Cc1cccc(S(=O)(=O)N2C[C@H](CO)Oc3ccc(CC(=O)c4c(F)cccc4Cl)cc32)c1. The molecule has 3 aromatic rings. The monoisotopic (exact) mass is 500 g/mol. The molecule has 1 N–H and O–H groups in total. The van der Waals surface area contributed by atoms with Gasteiger partial charge in [-0.25, -0.2) is 12.8 Å². The summed E-state index contributed by atoms with van der Waals surface area (Å²) < 4.78 is 47.9. The van der Waals surface area contributed by atoms with E-state index < -0.39 is 34.3 Å². The van der Waals surface area contributed by atoms with Crippen molar-refractivity contribution in [1.82, 2.24) is 0 Å². The van der Waals surface area contributed by atoms with E-state index in [4.69, 9.17) is 21.6 Å². The summed E-state index contributed by atoms with van der Waals surface area (Å²) in [6, 6.07) is 16.0. The number of sulfonamides is 1. The molecule has 1 atom stereocenters. The molecular formula is C24H18ClFN2O5S. The molecule has 0 radical (unpaired) electrons. The summed E-state index contributed by atoms with van der Waals surface area (Å²) in [5, 5.41) is 18.8. The van der Waals surface area contributed by atoms with Gasteiger partial charge >= 0.3 is 0 Å². The van der Waals surface area contributed by atoms with E-state index in [-0.39, 0.29) is 45.4 Å². The van der Waals surface area contributed by atoms with E-state index in [1.165, 1.54) is 48.5 Å². The number of halogens is 2. The van der Waals surface area contributed by atoms with Crippen molar-refractivity contribution in [2.24, 2.45) is 0 Å². The Balaban J connectivity index is 1.74. The summed E-state index contributed by atoms with van der Waals surface area (Å²) in [4.78, 5) is 12.6. The van der Waals surface area contributed by atoms with E-state index in [0.717, 1.165) is 10.4 Å². The van der Waals surface area contributed by atoms with Gasteiger partial charge in [0.1, 0.15) is 17.7 Å². The molecule has 0 spiro atoms. The van der Waals surface area contributed by atoms with Gasteiger partial charge in [0.25, 0.3) is 10.0 Å². The minimum atomic E-state index is -4.14. The first-order chi connectivity index (χ1) is 16.2. The number of ketones is 1. The highest BCUT2D eigenvalue weighted by atomic mass is 35.5. The number of rotatable bonds is 6. The summed E-state index contributed by atoms with van der Waals surface area (Å²) >= 11 is 6.00. The maximum atomic E-state index is 14.2. The van der Waals surface area contributed by atoms with Gasteiger partial charge in [-0.1, -0.05) is 29.8 Å². The molecule has 10 heteroatoms. The lowest BCUT2D eigenvalue weighted by Crippen LogP contribution is -2.45. The van der Waals surface area contributed by atoms with Crippen LogP contribution in [0.2, 0.25) is 5.02 Å². The minimum absolute atomic E-state index is 0.0151. The number of fused-ring (bicyclic) bond motifs is 1. The Bertz CT molecular complexity index is 1400. The van der Waals surface area contributed by atoms with E-state index in [1.54, 1.807) is 6.07 Å². The third kappa shape index (κ3) is 4.48. The van der Waals surface area contributed by atoms with Crippen LogP contribution in [-0.2, 0) is 16.4 Å². The molecule has 0 aliphatic carbocycles. The summed E-state index contributed by atoms with van der Waals surface area (Å²) in [5.74, 6) is -1.11. The second-order valence-corrected chi connectivity index (χ2v) is 9.87. The first-order valence-corrected chi connectivity index (χ1v) is 12.0. The Morgan fingerprint density at radius 1 is 1.21 bits per heavy atom. The molecular weight excluding hydrogens is 483 g/mol. The highest BCUT2D eigenvalue weighted by Gasteiger charge is 2.35. The van der Waals surface area contributed by atoms with Crippen LogP contribution in [0.4, 0.5) is 10.1 Å². The summed E-state index contributed by atoms with van der Waals surface area (Å²) in [6.45, 7) is -0.602. The Morgan fingerprint density at radius 3 is 2.68 bits per heavy atom. The first kappa shape index (κ1) is 23.7. The average molecular weight is 501 g/mol. The molecule has 0 bridgehead atoms.